The molecular weight excluding hydrogens is 350 g/mol. The molecule has 0 aliphatic heterocycles. The second-order valence-electron chi connectivity index (χ2n) is 6.33. The molecule has 0 aromatic heterocycles. The lowest BCUT2D eigenvalue weighted by atomic mass is 10.1. The summed E-state index contributed by atoms with van der Waals surface area (Å²) in [5.41, 5.74) is 2.08. The Morgan fingerprint density at radius 1 is 1.15 bits per heavy atom. The van der Waals surface area contributed by atoms with Crippen LogP contribution in [0.25, 0.3) is 0 Å². The Labute approximate surface area is 160 Å². The molecule has 0 spiro atoms. The number of nitrogens with zero attached hydrogens (tertiary/aromatic N) is 1. The molecule has 0 N–H and O–H groups in total. The smallest absolute Gasteiger partial charge is 0.222 e. The van der Waals surface area contributed by atoms with Crippen LogP contribution in [0, 0.1) is 6.92 Å². The van der Waals surface area contributed by atoms with E-state index < -0.39 is 0 Å². The molecule has 1 amide bonds. The van der Waals surface area contributed by atoms with Gasteiger partial charge in [-0.3, -0.25) is 4.79 Å². The molecular formula is C21H26ClNO3. The zero-order valence-corrected chi connectivity index (χ0v) is 16.4. The predicted molar refractivity (Wildman–Crippen MR) is 105 cm³/mol. The lowest BCUT2D eigenvalue weighted by molar-refractivity contribution is -0.130. The monoisotopic (exact) mass is 375 g/mol. The summed E-state index contributed by atoms with van der Waals surface area (Å²) in [4.78, 5) is 14.0. The van der Waals surface area contributed by atoms with Gasteiger partial charge in [-0.15, -0.1) is 0 Å². The van der Waals surface area contributed by atoms with Crippen LogP contribution in [0.2, 0.25) is 5.02 Å². The fourth-order valence-electron chi connectivity index (χ4n) is 2.68. The van der Waals surface area contributed by atoms with Gasteiger partial charge in [-0.1, -0.05) is 23.7 Å². The van der Waals surface area contributed by atoms with E-state index in [9.17, 15) is 4.79 Å². The Hall–Kier alpha value is -2.20. The molecule has 0 bridgehead atoms. The third-order valence-corrected chi connectivity index (χ3v) is 4.35. The number of ether oxygens (including phenoxy) is 2. The largest absolute Gasteiger partial charge is 0.496 e. The summed E-state index contributed by atoms with van der Waals surface area (Å²) >= 11 is 6.04. The molecule has 2 aromatic rings. The summed E-state index contributed by atoms with van der Waals surface area (Å²) in [6.45, 7) is 3.13. The number of methoxy groups -OCH3 is 1. The van der Waals surface area contributed by atoms with Gasteiger partial charge < -0.3 is 14.4 Å². The van der Waals surface area contributed by atoms with Gasteiger partial charge in [0.1, 0.15) is 11.5 Å². The maximum atomic E-state index is 12.3. The summed E-state index contributed by atoms with van der Waals surface area (Å²) in [5, 5.41) is 0.634. The summed E-state index contributed by atoms with van der Waals surface area (Å²) < 4.78 is 11.0. The van der Waals surface area contributed by atoms with Crippen molar-refractivity contribution in [1.29, 1.82) is 0 Å². The van der Waals surface area contributed by atoms with Crippen molar-refractivity contribution < 1.29 is 14.3 Å². The number of halogens is 1. The molecule has 0 heterocycles. The molecule has 2 rings (SSSR count). The van der Waals surface area contributed by atoms with Gasteiger partial charge in [0, 0.05) is 30.6 Å². The minimum atomic E-state index is 0.0996. The highest BCUT2D eigenvalue weighted by molar-refractivity contribution is 6.30. The summed E-state index contributed by atoms with van der Waals surface area (Å²) in [7, 11) is 3.41. The van der Waals surface area contributed by atoms with Crippen molar-refractivity contribution in [2.75, 3.05) is 20.8 Å². The van der Waals surface area contributed by atoms with E-state index in [2.05, 4.69) is 0 Å². The summed E-state index contributed by atoms with van der Waals surface area (Å²) in [5.74, 6) is 1.71. The molecule has 0 unspecified atom stereocenters. The molecule has 140 valence electrons. The molecule has 4 nitrogen and oxygen atoms in total. The third-order valence-electron chi connectivity index (χ3n) is 4.12. The van der Waals surface area contributed by atoms with Gasteiger partial charge in [-0.2, -0.15) is 0 Å². The minimum absolute atomic E-state index is 0.0996. The van der Waals surface area contributed by atoms with E-state index in [-0.39, 0.29) is 5.91 Å². The Kier molecular flexibility index (Phi) is 7.79. The number of benzene rings is 2. The fraction of sp³-hybridized carbons (Fsp3) is 0.381. The molecule has 0 aliphatic carbocycles. The van der Waals surface area contributed by atoms with Crippen LogP contribution in [0.4, 0.5) is 0 Å². The van der Waals surface area contributed by atoms with Gasteiger partial charge in [0.05, 0.1) is 13.7 Å². The SMILES string of the molecule is COc1ccc(Cl)cc1CN(C)C(=O)CCCCOc1cccc(C)c1. The van der Waals surface area contributed by atoms with Crippen LogP contribution in [-0.2, 0) is 11.3 Å². The van der Waals surface area contributed by atoms with Crippen molar-refractivity contribution in [1.82, 2.24) is 4.90 Å². The number of hydrogen-bond donors (Lipinski definition) is 0. The average molecular weight is 376 g/mol. The first-order chi connectivity index (χ1) is 12.5. The summed E-state index contributed by atoms with van der Waals surface area (Å²) in [6, 6.07) is 13.4. The minimum Gasteiger partial charge on any atom is -0.496 e. The van der Waals surface area contributed by atoms with Crippen molar-refractivity contribution in [2.24, 2.45) is 0 Å². The van der Waals surface area contributed by atoms with Crippen LogP contribution in [0.15, 0.2) is 42.5 Å². The Morgan fingerprint density at radius 3 is 2.69 bits per heavy atom. The quantitative estimate of drug-likeness (QED) is 0.587. The van der Waals surface area contributed by atoms with E-state index in [0.717, 1.165) is 29.9 Å². The Balaban J connectivity index is 1.73. The van der Waals surface area contributed by atoms with Crippen LogP contribution in [0.1, 0.15) is 30.4 Å². The van der Waals surface area contributed by atoms with Crippen molar-refractivity contribution in [3.05, 3.63) is 58.6 Å². The molecule has 0 saturated carbocycles. The predicted octanol–water partition coefficient (Wildman–Crippen LogP) is 4.86. The molecule has 0 radical (unpaired) electrons. The number of carbonyl (C=O) groups excluding carboxylic acids is 1. The highest BCUT2D eigenvalue weighted by Gasteiger charge is 2.12. The van der Waals surface area contributed by atoms with Crippen LogP contribution in [0.5, 0.6) is 11.5 Å². The molecule has 26 heavy (non-hydrogen) atoms. The van der Waals surface area contributed by atoms with Gasteiger partial charge >= 0.3 is 0 Å². The van der Waals surface area contributed by atoms with Crippen LogP contribution >= 0.6 is 11.6 Å². The molecule has 0 saturated heterocycles. The van der Waals surface area contributed by atoms with Crippen molar-refractivity contribution in [2.45, 2.75) is 32.7 Å². The van der Waals surface area contributed by atoms with Crippen molar-refractivity contribution in [3.8, 4) is 11.5 Å². The van der Waals surface area contributed by atoms with E-state index in [4.69, 9.17) is 21.1 Å². The topological polar surface area (TPSA) is 38.8 Å². The molecule has 0 aliphatic rings. The zero-order valence-electron chi connectivity index (χ0n) is 15.6. The first kappa shape index (κ1) is 20.1. The number of amides is 1. The Morgan fingerprint density at radius 2 is 1.96 bits per heavy atom. The normalized spacial score (nSPS) is 10.5. The van der Waals surface area contributed by atoms with Gasteiger partial charge in [0.2, 0.25) is 5.91 Å². The number of aryl methyl sites for hydroxylation is 1. The van der Waals surface area contributed by atoms with E-state index >= 15 is 0 Å². The van der Waals surface area contributed by atoms with E-state index in [1.807, 2.05) is 43.3 Å². The van der Waals surface area contributed by atoms with Crippen molar-refractivity contribution >= 4 is 17.5 Å². The standard InChI is InChI=1S/C21H26ClNO3/c1-16-7-6-8-19(13-16)26-12-5-4-9-21(24)23(2)15-17-14-18(22)10-11-20(17)25-3/h6-8,10-11,13-14H,4-5,9,12,15H2,1-3H3. The molecule has 2 aromatic carbocycles. The van der Waals surface area contributed by atoms with Crippen LogP contribution in [0.3, 0.4) is 0 Å². The number of rotatable bonds is 9. The molecule has 5 heteroatoms. The van der Waals surface area contributed by atoms with Gasteiger partial charge in [-0.05, 0) is 55.7 Å². The van der Waals surface area contributed by atoms with Crippen LogP contribution < -0.4 is 9.47 Å². The second-order valence-corrected chi connectivity index (χ2v) is 6.76. The van der Waals surface area contributed by atoms with E-state index in [1.165, 1.54) is 5.56 Å². The maximum Gasteiger partial charge on any atom is 0.222 e. The van der Waals surface area contributed by atoms with Gasteiger partial charge in [-0.25, -0.2) is 0 Å². The average Bonchev–Trinajstić information content (AvgIpc) is 2.61. The molecule has 0 atom stereocenters. The fourth-order valence-corrected chi connectivity index (χ4v) is 2.87. The summed E-state index contributed by atoms with van der Waals surface area (Å²) in [6.07, 6.45) is 2.13. The highest BCUT2D eigenvalue weighted by Crippen LogP contribution is 2.24. The van der Waals surface area contributed by atoms with Gasteiger partial charge in [0.25, 0.3) is 0 Å². The third kappa shape index (κ3) is 6.26. The number of carbonyl (C=O) groups is 1. The molecule has 0 fully saturated rings. The number of unbranched alkanes of at least 4 members (excludes halogenated alkanes) is 1. The first-order valence-corrected chi connectivity index (χ1v) is 9.13. The highest BCUT2D eigenvalue weighted by atomic mass is 35.5. The lowest BCUT2D eigenvalue weighted by Gasteiger charge is -2.19. The van der Waals surface area contributed by atoms with Gasteiger partial charge in [0.15, 0.2) is 0 Å². The Bertz CT molecular complexity index is 733. The maximum absolute atomic E-state index is 12.3. The zero-order chi connectivity index (χ0) is 18.9. The first-order valence-electron chi connectivity index (χ1n) is 8.75. The number of hydrogen-bond acceptors (Lipinski definition) is 3. The van der Waals surface area contributed by atoms with E-state index in [0.29, 0.717) is 24.6 Å². The van der Waals surface area contributed by atoms with E-state index in [1.54, 1.807) is 25.1 Å². The second kappa shape index (κ2) is 10.1. The van der Waals surface area contributed by atoms with Crippen LogP contribution in [-0.4, -0.2) is 31.6 Å². The lowest BCUT2D eigenvalue weighted by Crippen LogP contribution is -2.26. The van der Waals surface area contributed by atoms with Crippen molar-refractivity contribution in [3.63, 3.8) is 0 Å².